The zero-order valence-corrected chi connectivity index (χ0v) is 12.7. The summed E-state index contributed by atoms with van der Waals surface area (Å²) in [5.74, 6) is -2.33. The smallest absolute Gasteiger partial charge is 0.206 e. The summed E-state index contributed by atoms with van der Waals surface area (Å²) in [4.78, 5) is 0. The van der Waals surface area contributed by atoms with Gasteiger partial charge in [0.1, 0.15) is 17.8 Å². The van der Waals surface area contributed by atoms with E-state index in [0.29, 0.717) is 0 Å². The van der Waals surface area contributed by atoms with E-state index in [9.17, 15) is 22.8 Å². The molecule has 0 saturated carbocycles. The predicted molar refractivity (Wildman–Crippen MR) is 75.4 cm³/mol. The Bertz CT molecular complexity index is 881. The van der Waals surface area contributed by atoms with Gasteiger partial charge in [-0.2, -0.15) is 28.8 Å². The molecule has 2 rings (SSSR count). The molecule has 0 bridgehead atoms. The number of hydrogen-bond donors (Lipinski definition) is 0. The molecule has 1 aromatic carbocycles. The number of nitriles is 2. The van der Waals surface area contributed by atoms with Gasteiger partial charge in [-0.1, -0.05) is 17.7 Å². The molecule has 24 heavy (non-hydrogen) atoms. The summed E-state index contributed by atoms with van der Waals surface area (Å²) in [7, 11) is 0. The maximum absolute atomic E-state index is 13.4. The Morgan fingerprint density at radius 3 is 2.42 bits per heavy atom. The number of rotatable bonds is 2. The highest BCUT2D eigenvalue weighted by Gasteiger charge is 2.40. The first-order chi connectivity index (χ1) is 11.2. The van der Waals surface area contributed by atoms with Gasteiger partial charge in [-0.3, -0.25) is 0 Å². The Balaban J connectivity index is 2.72. The molecule has 0 radical (unpaired) electrons. The Hall–Kier alpha value is -2.71. The fourth-order valence-corrected chi connectivity index (χ4v) is 2.31. The molecular formula is C15H7ClF4N4. The minimum absolute atomic E-state index is 0.00280. The molecule has 0 amide bonds. The fourth-order valence-electron chi connectivity index (χ4n) is 2.18. The Kier molecular flexibility index (Phi) is 4.72. The highest BCUT2D eigenvalue weighted by molar-refractivity contribution is 6.30. The molecule has 4 nitrogen and oxygen atoms in total. The van der Waals surface area contributed by atoms with Crippen LogP contribution in [-0.2, 0) is 6.18 Å². The first-order valence-corrected chi connectivity index (χ1v) is 6.77. The average molecular weight is 355 g/mol. The SMILES string of the molecule is Cc1c(Cl)nnc(C(C#N)c2ccc(F)c(C#N)c2)c1C(F)(F)F. The molecule has 1 unspecified atom stereocenters. The van der Waals surface area contributed by atoms with Gasteiger partial charge in [0.15, 0.2) is 5.15 Å². The second-order valence-corrected chi connectivity index (χ2v) is 5.15. The van der Waals surface area contributed by atoms with Crippen molar-refractivity contribution in [2.24, 2.45) is 0 Å². The van der Waals surface area contributed by atoms with Gasteiger partial charge in [0.25, 0.3) is 0 Å². The van der Waals surface area contributed by atoms with E-state index in [1.165, 1.54) is 0 Å². The predicted octanol–water partition coefficient (Wildman–Crippen LogP) is 4.12. The van der Waals surface area contributed by atoms with Gasteiger partial charge in [-0.25, -0.2) is 4.39 Å². The van der Waals surface area contributed by atoms with E-state index in [1.54, 1.807) is 12.1 Å². The van der Waals surface area contributed by atoms with Crippen LogP contribution in [0.5, 0.6) is 0 Å². The summed E-state index contributed by atoms with van der Waals surface area (Å²) < 4.78 is 53.5. The first kappa shape index (κ1) is 17.6. The van der Waals surface area contributed by atoms with Gasteiger partial charge in [0.05, 0.1) is 22.9 Å². The first-order valence-electron chi connectivity index (χ1n) is 6.39. The van der Waals surface area contributed by atoms with E-state index in [2.05, 4.69) is 10.2 Å². The second-order valence-electron chi connectivity index (χ2n) is 4.79. The molecule has 1 aromatic heterocycles. The van der Waals surface area contributed by atoms with Crippen molar-refractivity contribution < 1.29 is 17.6 Å². The van der Waals surface area contributed by atoms with E-state index < -0.39 is 34.3 Å². The summed E-state index contributed by atoms with van der Waals surface area (Å²) in [6.07, 6.45) is -4.81. The van der Waals surface area contributed by atoms with E-state index in [1.807, 2.05) is 0 Å². The van der Waals surface area contributed by atoms with Crippen LogP contribution in [-0.4, -0.2) is 10.2 Å². The molecule has 0 spiro atoms. The van der Waals surface area contributed by atoms with Gasteiger partial charge in [-0.05, 0) is 24.6 Å². The fraction of sp³-hybridized carbons (Fsp3) is 0.200. The Labute approximate surface area is 138 Å². The lowest BCUT2D eigenvalue weighted by Gasteiger charge is -2.18. The van der Waals surface area contributed by atoms with Crippen molar-refractivity contribution >= 4 is 11.6 Å². The summed E-state index contributed by atoms with van der Waals surface area (Å²) >= 11 is 5.61. The Morgan fingerprint density at radius 2 is 1.88 bits per heavy atom. The molecule has 0 aliphatic rings. The van der Waals surface area contributed by atoms with Crippen molar-refractivity contribution in [3.05, 3.63) is 57.1 Å². The maximum Gasteiger partial charge on any atom is 0.418 e. The lowest BCUT2D eigenvalue weighted by Crippen LogP contribution is -2.18. The molecule has 0 aliphatic heterocycles. The van der Waals surface area contributed by atoms with Crippen LogP contribution in [0.4, 0.5) is 17.6 Å². The largest absolute Gasteiger partial charge is 0.418 e. The van der Waals surface area contributed by atoms with Crippen LogP contribution >= 0.6 is 11.6 Å². The maximum atomic E-state index is 13.4. The second kappa shape index (κ2) is 6.42. The van der Waals surface area contributed by atoms with E-state index in [0.717, 1.165) is 25.1 Å². The van der Waals surface area contributed by atoms with E-state index >= 15 is 0 Å². The molecule has 0 fully saturated rings. The lowest BCUT2D eigenvalue weighted by molar-refractivity contribution is -0.139. The van der Waals surface area contributed by atoms with Crippen molar-refractivity contribution in [3.8, 4) is 12.1 Å². The number of halogens is 5. The normalized spacial score (nSPS) is 12.3. The minimum atomic E-state index is -4.81. The van der Waals surface area contributed by atoms with E-state index in [-0.39, 0.29) is 16.7 Å². The molecule has 0 saturated heterocycles. The highest BCUT2D eigenvalue weighted by Crippen LogP contribution is 2.39. The van der Waals surface area contributed by atoms with Gasteiger partial charge in [0, 0.05) is 5.56 Å². The summed E-state index contributed by atoms with van der Waals surface area (Å²) in [5, 5.41) is 24.6. The summed E-state index contributed by atoms with van der Waals surface area (Å²) in [5.41, 5.74) is -2.58. The molecule has 122 valence electrons. The van der Waals surface area contributed by atoms with Crippen LogP contribution in [0.1, 0.15) is 33.9 Å². The van der Waals surface area contributed by atoms with Crippen molar-refractivity contribution in [3.63, 3.8) is 0 Å². The third-order valence-corrected chi connectivity index (χ3v) is 3.68. The van der Waals surface area contributed by atoms with Gasteiger partial charge >= 0.3 is 6.18 Å². The summed E-state index contributed by atoms with van der Waals surface area (Å²) in [6.45, 7) is 1.11. The molecule has 1 atom stereocenters. The number of benzene rings is 1. The average Bonchev–Trinajstić information content (AvgIpc) is 2.51. The molecule has 0 aliphatic carbocycles. The number of alkyl halides is 3. The van der Waals surface area contributed by atoms with Crippen LogP contribution in [0, 0.1) is 35.4 Å². The zero-order chi connectivity index (χ0) is 18.1. The monoisotopic (exact) mass is 354 g/mol. The highest BCUT2D eigenvalue weighted by atomic mass is 35.5. The Morgan fingerprint density at radius 1 is 1.21 bits per heavy atom. The molecular weight excluding hydrogens is 348 g/mol. The molecule has 1 heterocycles. The molecule has 0 N–H and O–H groups in total. The van der Waals surface area contributed by atoms with Gasteiger partial charge in [0.2, 0.25) is 0 Å². The zero-order valence-electron chi connectivity index (χ0n) is 12.0. The van der Waals surface area contributed by atoms with Crippen LogP contribution in [0.3, 0.4) is 0 Å². The van der Waals surface area contributed by atoms with Crippen LogP contribution in [0.15, 0.2) is 18.2 Å². The quantitative estimate of drug-likeness (QED) is 0.760. The minimum Gasteiger partial charge on any atom is -0.206 e. The van der Waals surface area contributed by atoms with E-state index in [4.69, 9.17) is 16.9 Å². The summed E-state index contributed by atoms with van der Waals surface area (Å²) in [6, 6.07) is 6.29. The topological polar surface area (TPSA) is 73.4 Å². The van der Waals surface area contributed by atoms with Crippen molar-refractivity contribution in [1.29, 1.82) is 10.5 Å². The van der Waals surface area contributed by atoms with Gasteiger partial charge < -0.3 is 0 Å². The number of aromatic nitrogens is 2. The van der Waals surface area contributed by atoms with Gasteiger partial charge in [-0.15, -0.1) is 5.10 Å². The van der Waals surface area contributed by atoms with Crippen LogP contribution in [0.2, 0.25) is 5.15 Å². The van der Waals surface area contributed by atoms with Crippen LogP contribution < -0.4 is 0 Å². The lowest BCUT2D eigenvalue weighted by atomic mass is 9.91. The number of nitrogens with zero attached hydrogens (tertiary/aromatic N) is 4. The third-order valence-electron chi connectivity index (χ3n) is 3.32. The molecule has 9 heteroatoms. The van der Waals surface area contributed by atoms with Crippen molar-refractivity contribution in [1.82, 2.24) is 10.2 Å². The molecule has 2 aromatic rings. The van der Waals surface area contributed by atoms with Crippen LogP contribution in [0.25, 0.3) is 0 Å². The third kappa shape index (κ3) is 3.15. The van der Waals surface area contributed by atoms with Crippen molar-refractivity contribution in [2.75, 3.05) is 0 Å². The standard InChI is InChI=1S/C15H7ClF4N4/c1-7-12(15(18,19)20)13(23-24-14(7)16)10(6-22)8-2-3-11(17)9(4-8)5-21/h2-4,10H,1H3. The van der Waals surface area contributed by atoms with Crippen molar-refractivity contribution in [2.45, 2.75) is 19.0 Å². The number of hydrogen-bond acceptors (Lipinski definition) is 4.